The summed E-state index contributed by atoms with van der Waals surface area (Å²) in [6.45, 7) is 3.64. The minimum Gasteiger partial charge on any atom is -0.496 e. The van der Waals surface area contributed by atoms with E-state index in [9.17, 15) is 0 Å². The maximum atomic E-state index is 6.37. The average molecular weight is 316 g/mol. The minimum absolute atomic E-state index is 0.259. The second-order valence-electron chi connectivity index (χ2n) is 4.65. The van der Waals surface area contributed by atoms with Crippen LogP contribution >= 0.6 is 23.2 Å². The van der Waals surface area contributed by atoms with Crippen molar-refractivity contribution in [1.82, 2.24) is 10.9 Å². The third-order valence-corrected chi connectivity index (χ3v) is 4.17. The molecule has 110 valence electrons. The average Bonchev–Trinajstić information content (AvgIpc) is 2.48. The Hall–Kier alpha value is -0.970. The molecule has 0 bridgehead atoms. The van der Waals surface area contributed by atoms with Crippen molar-refractivity contribution < 1.29 is 4.74 Å². The summed E-state index contributed by atoms with van der Waals surface area (Å²) in [5.74, 6) is 1.99. The fourth-order valence-electron chi connectivity index (χ4n) is 2.39. The lowest BCUT2D eigenvalue weighted by Gasteiger charge is -2.25. The highest BCUT2D eigenvalue weighted by molar-refractivity contribution is 6.42. The van der Waals surface area contributed by atoms with E-state index in [-0.39, 0.29) is 5.92 Å². The summed E-state index contributed by atoms with van der Waals surface area (Å²) in [5.41, 5.74) is 7.18. The minimum atomic E-state index is 0.259. The van der Waals surface area contributed by atoms with Crippen LogP contribution in [0.4, 0.5) is 0 Å². The van der Waals surface area contributed by atoms with Crippen LogP contribution in [0.3, 0.4) is 0 Å². The normalized spacial score (nSPS) is 18.6. The van der Waals surface area contributed by atoms with E-state index < -0.39 is 0 Å². The van der Waals surface area contributed by atoms with E-state index in [0.717, 1.165) is 43.1 Å². The first kappa shape index (κ1) is 15.4. The first-order valence-electron chi connectivity index (χ1n) is 6.71. The lowest BCUT2D eigenvalue weighted by Crippen LogP contribution is -2.39. The van der Waals surface area contributed by atoms with Gasteiger partial charge in [0, 0.05) is 25.1 Å². The highest BCUT2D eigenvalue weighted by atomic mass is 35.5. The van der Waals surface area contributed by atoms with Gasteiger partial charge in [0.2, 0.25) is 0 Å². The molecule has 6 heteroatoms. The molecule has 0 saturated heterocycles. The van der Waals surface area contributed by atoms with Crippen LogP contribution in [-0.4, -0.2) is 26.0 Å². The van der Waals surface area contributed by atoms with E-state index in [2.05, 4.69) is 15.8 Å². The molecule has 0 fully saturated rings. The van der Waals surface area contributed by atoms with E-state index in [1.165, 1.54) is 0 Å². The van der Waals surface area contributed by atoms with E-state index in [1.807, 2.05) is 13.0 Å². The largest absolute Gasteiger partial charge is 0.496 e. The van der Waals surface area contributed by atoms with Gasteiger partial charge in [-0.1, -0.05) is 30.1 Å². The lowest BCUT2D eigenvalue weighted by atomic mass is 9.89. The fourth-order valence-corrected chi connectivity index (χ4v) is 2.86. The third kappa shape index (κ3) is 3.37. The smallest absolute Gasteiger partial charge is 0.123 e. The maximum Gasteiger partial charge on any atom is 0.123 e. The van der Waals surface area contributed by atoms with Gasteiger partial charge in [-0.25, -0.2) is 5.43 Å². The van der Waals surface area contributed by atoms with Crippen molar-refractivity contribution in [3.8, 4) is 5.75 Å². The monoisotopic (exact) mass is 315 g/mol. The summed E-state index contributed by atoms with van der Waals surface area (Å²) in [6, 6.07) is 3.63. The summed E-state index contributed by atoms with van der Waals surface area (Å²) in [7, 11) is 1.65. The van der Waals surface area contributed by atoms with Crippen LogP contribution in [0.15, 0.2) is 17.1 Å². The fraction of sp³-hybridized carbons (Fsp3) is 0.500. The van der Waals surface area contributed by atoms with Crippen LogP contribution in [0, 0.1) is 0 Å². The number of nitrogens with zero attached hydrogens (tertiary/aromatic N) is 1. The number of methoxy groups -OCH3 is 1. The maximum absolute atomic E-state index is 6.37. The summed E-state index contributed by atoms with van der Waals surface area (Å²) < 4.78 is 5.43. The Bertz CT molecular complexity index is 505. The Morgan fingerprint density at radius 1 is 1.40 bits per heavy atom. The van der Waals surface area contributed by atoms with E-state index in [4.69, 9.17) is 27.9 Å². The molecule has 20 heavy (non-hydrogen) atoms. The Morgan fingerprint density at radius 3 is 2.90 bits per heavy atom. The van der Waals surface area contributed by atoms with Crippen LogP contribution in [0.1, 0.15) is 31.2 Å². The molecule has 0 spiro atoms. The van der Waals surface area contributed by atoms with Gasteiger partial charge in [0.25, 0.3) is 0 Å². The Kier molecular flexibility index (Phi) is 5.52. The molecule has 1 atom stereocenters. The van der Waals surface area contributed by atoms with Gasteiger partial charge in [0.1, 0.15) is 11.6 Å². The molecule has 0 radical (unpaired) electrons. The van der Waals surface area contributed by atoms with Crippen molar-refractivity contribution in [2.45, 2.75) is 25.7 Å². The molecule has 0 amide bonds. The number of rotatable bonds is 4. The number of hydrazine groups is 1. The molecule has 2 rings (SSSR count). The summed E-state index contributed by atoms with van der Waals surface area (Å²) in [6.07, 6.45) is 1.73. The summed E-state index contributed by atoms with van der Waals surface area (Å²) >= 11 is 12.5. The molecule has 1 aromatic rings. The standard InChI is InChI=1S/C14H19Cl2N3O/c1-3-18-19-12-8-9(6-7-17-12)13-11(20-2)5-4-10(15)14(13)16/h4-5,9,18H,3,6-8H2,1-2H3,(H,17,19). The van der Waals surface area contributed by atoms with Crippen molar-refractivity contribution in [3.05, 3.63) is 27.7 Å². The van der Waals surface area contributed by atoms with Crippen LogP contribution in [0.5, 0.6) is 5.75 Å². The van der Waals surface area contributed by atoms with E-state index in [0.29, 0.717) is 10.0 Å². The molecule has 1 aliphatic heterocycles. The Labute approximate surface area is 129 Å². The molecule has 1 heterocycles. The van der Waals surface area contributed by atoms with Crippen molar-refractivity contribution in [1.29, 1.82) is 0 Å². The second kappa shape index (κ2) is 7.16. The number of aliphatic imine (C=N–C) groups is 1. The third-order valence-electron chi connectivity index (χ3n) is 3.35. The van der Waals surface area contributed by atoms with Crippen LogP contribution < -0.4 is 15.6 Å². The number of hydrogen-bond donors (Lipinski definition) is 2. The van der Waals surface area contributed by atoms with Gasteiger partial charge < -0.3 is 10.2 Å². The molecule has 0 aromatic heterocycles. The number of amidine groups is 1. The van der Waals surface area contributed by atoms with Crippen molar-refractivity contribution in [2.24, 2.45) is 4.99 Å². The lowest BCUT2D eigenvalue weighted by molar-refractivity contribution is 0.403. The highest BCUT2D eigenvalue weighted by Crippen LogP contribution is 2.41. The molecule has 1 aliphatic rings. The molecule has 2 N–H and O–H groups in total. The zero-order chi connectivity index (χ0) is 14.5. The number of ether oxygens (including phenoxy) is 1. The van der Waals surface area contributed by atoms with Gasteiger partial charge >= 0.3 is 0 Å². The summed E-state index contributed by atoms with van der Waals surface area (Å²) in [5, 5.41) is 1.15. The molecule has 0 saturated carbocycles. The highest BCUT2D eigenvalue weighted by Gasteiger charge is 2.25. The second-order valence-corrected chi connectivity index (χ2v) is 5.44. The van der Waals surface area contributed by atoms with Crippen LogP contribution in [0.25, 0.3) is 0 Å². The zero-order valence-corrected chi connectivity index (χ0v) is 13.2. The van der Waals surface area contributed by atoms with Gasteiger partial charge in [0.05, 0.1) is 17.2 Å². The van der Waals surface area contributed by atoms with Crippen LogP contribution in [0.2, 0.25) is 10.0 Å². The van der Waals surface area contributed by atoms with E-state index >= 15 is 0 Å². The van der Waals surface area contributed by atoms with Gasteiger partial charge in [-0.05, 0) is 24.5 Å². The predicted molar refractivity (Wildman–Crippen MR) is 84.1 cm³/mol. The number of hydrogen-bond acceptors (Lipinski definition) is 4. The molecule has 1 aromatic carbocycles. The van der Waals surface area contributed by atoms with Crippen molar-refractivity contribution in [3.63, 3.8) is 0 Å². The molecule has 1 unspecified atom stereocenters. The SMILES string of the molecule is CCNNC1=NCCC(c2c(OC)ccc(Cl)c2Cl)C1. The number of benzene rings is 1. The Balaban J connectivity index is 2.24. The van der Waals surface area contributed by atoms with Gasteiger partial charge in [-0.3, -0.25) is 4.99 Å². The van der Waals surface area contributed by atoms with Crippen molar-refractivity contribution >= 4 is 29.0 Å². The molecule has 0 aliphatic carbocycles. The van der Waals surface area contributed by atoms with Gasteiger partial charge in [-0.2, -0.15) is 0 Å². The van der Waals surface area contributed by atoms with Gasteiger partial charge in [0.15, 0.2) is 0 Å². The van der Waals surface area contributed by atoms with Crippen LogP contribution in [-0.2, 0) is 0 Å². The first-order chi connectivity index (χ1) is 9.67. The quantitative estimate of drug-likeness (QED) is 0.837. The van der Waals surface area contributed by atoms with Crippen molar-refractivity contribution in [2.75, 3.05) is 20.2 Å². The predicted octanol–water partition coefficient (Wildman–Crippen LogP) is 3.39. The number of nitrogens with one attached hydrogen (secondary N) is 2. The first-order valence-corrected chi connectivity index (χ1v) is 7.47. The molecule has 4 nitrogen and oxygen atoms in total. The van der Waals surface area contributed by atoms with E-state index in [1.54, 1.807) is 13.2 Å². The van der Waals surface area contributed by atoms with Gasteiger partial charge in [-0.15, -0.1) is 0 Å². The molecular weight excluding hydrogens is 297 g/mol. The zero-order valence-electron chi connectivity index (χ0n) is 11.7. The molecular formula is C14H19Cl2N3O. The number of halogens is 2. The Morgan fingerprint density at radius 2 is 2.20 bits per heavy atom. The summed E-state index contributed by atoms with van der Waals surface area (Å²) in [4.78, 5) is 4.48. The topological polar surface area (TPSA) is 45.7 Å².